The minimum absolute atomic E-state index is 0.352. The molecule has 0 spiro atoms. The predicted octanol–water partition coefficient (Wildman–Crippen LogP) is 4.93. The van der Waals surface area contributed by atoms with Crippen LogP contribution < -0.4 is 9.47 Å². The van der Waals surface area contributed by atoms with Crippen molar-refractivity contribution in [3.8, 4) is 11.5 Å². The van der Waals surface area contributed by atoms with Gasteiger partial charge in [-0.2, -0.15) is 0 Å². The third kappa shape index (κ3) is 3.07. The quantitative estimate of drug-likeness (QED) is 0.720. The first-order valence-corrected chi connectivity index (χ1v) is 7.10. The Balaban J connectivity index is 2.45. The molecule has 0 saturated carbocycles. The van der Waals surface area contributed by atoms with E-state index < -0.39 is 5.38 Å². The van der Waals surface area contributed by atoms with Crippen LogP contribution in [-0.2, 0) is 0 Å². The third-order valence-corrected chi connectivity index (χ3v) is 4.08. The molecule has 106 valence electrons. The van der Waals surface area contributed by atoms with Crippen LogP contribution in [0.2, 0.25) is 0 Å². The molecule has 0 aromatic heterocycles. The number of methoxy groups -OCH3 is 2. The molecule has 2 aromatic rings. The zero-order valence-corrected chi connectivity index (χ0v) is 13.3. The molecule has 0 radical (unpaired) electrons. The van der Waals surface area contributed by atoms with Crippen LogP contribution in [0.3, 0.4) is 0 Å². The molecule has 1 atom stereocenters. The van der Waals surface area contributed by atoms with Crippen LogP contribution in [0.5, 0.6) is 11.5 Å². The third-order valence-electron chi connectivity index (χ3n) is 2.95. The Kier molecular flexibility index (Phi) is 4.89. The van der Waals surface area contributed by atoms with E-state index in [1.165, 1.54) is 6.07 Å². The average molecular weight is 360 g/mol. The predicted molar refractivity (Wildman–Crippen MR) is 81.3 cm³/mol. The minimum atomic E-state index is -0.525. The van der Waals surface area contributed by atoms with Gasteiger partial charge in [0.05, 0.1) is 24.1 Å². The summed E-state index contributed by atoms with van der Waals surface area (Å²) in [6, 6.07) is 10.2. The van der Waals surface area contributed by atoms with E-state index in [1.54, 1.807) is 44.6 Å². The van der Waals surface area contributed by atoms with Crippen molar-refractivity contribution in [1.82, 2.24) is 0 Å². The van der Waals surface area contributed by atoms with Crippen molar-refractivity contribution in [3.05, 3.63) is 57.8 Å². The van der Waals surface area contributed by atoms with Crippen molar-refractivity contribution in [2.24, 2.45) is 0 Å². The monoisotopic (exact) mass is 358 g/mol. The number of rotatable bonds is 4. The van der Waals surface area contributed by atoms with Crippen LogP contribution in [0.25, 0.3) is 0 Å². The van der Waals surface area contributed by atoms with E-state index in [0.29, 0.717) is 21.5 Å². The summed E-state index contributed by atoms with van der Waals surface area (Å²) < 4.78 is 24.5. The van der Waals surface area contributed by atoms with Crippen LogP contribution in [0.15, 0.2) is 40.9 Å². The topological polar surface area (TPSA) is 18.5 Å². The van der Waals surface area contributed by atoms with Gasteiger partial charge in [0, 0.05) is 5.56 Å². The summed E-state index contributed by atoms with van der Waals surface area (Å²) in [5, 5.41) is -0.525. The fourth-order valence-corrected chi connectivity index (χ4v) is 2.44. The smallest absolute Gasteiger partial charge is 0.137 e. The van der Waals surface area contributed by atoms with Crippen LogP contribution in [0.4, 0.5) is 4.39 Å². The van der Waals surface area contributed by atoms with Gasteiger partial charge in [-0.15, -0.1) is 11.6 Å². The molecule has 0 heterocycles. The molecular weight excluding hydrogens is 347 g/mol. The normalized spacial score (nSPS) is 12.1. The first-order chi connectivity index (χ1) is 9.56. The van der Waals surface area contributed by atoms with Crippen LogP contribution in [-0.4, -0.2) is 14.2 Å². The molecule has 0 bridgehead atoms. The molecule has 1 unspecified atom stereocenters. The Hall–Kier alpha value is -1.26. The van der Waals surface area contributed by atoms with Crippen molar-refractivity contribution in [1.29, 1.82) is 0 Å². The van der Waals surface area contributed by atoms with E-state index in [4.69, 9.17) is 21.1 Å². The van der Waals surface area contributed by atoms with E-state index in [1.807, 2.05) is 0 Å². The molecule has 2 rings (SSSR count). The van der Waals surface area contributed by atoms with Gasteiger partial charge in [-0.1, -0.05) is 6.07 Å². The summed E-state index contributed by atoms with van der Waals surface area (Å²) in [4.78, 5) is 0. The molecule has 0 fully saturated rings. The molecule has 0 amide bonds. The number of alkyl halides is 1. The van der Waals surface area contributed by atoms with Gasteiger partial charge < -0.3 is 9.47 Å². The van der Waals surface area contributed by atoms with E-state index >= 15 is 0 Å². The summed E-state index contributed by atoms with van der Waals surface area (Å²) >= 11 is 9.57. The number of benzene rings is 2. The second-order valence-corrected chi connectivity index (χ2v) is 5.43. The van der Waals surface area contributed by atoms with Gasteiger partial charge in [0.25, 0.3) is 0 Å². The first-order valence-electron chi connectivity index (χ1n) is 5.87. The van der Waals surface area contributed by atoms with Crippen LogP contribution in [0, 0.1) is 5.82 Å². The van der Waals surface area contributed by atoms with Crippen molar-refractivity contribution >= 4 is 27.5 Å². The Morgan fingerprint density at radius 1 is 1.10 bits per heavy atom. The summed E-state index contributed by atoms with van der Waals surface area (Å²) in [7, 11) is 3.14. The molecule has 0 aliphatic carbocycles. The molecule has 20 heavy (non-hydrogen) atoms. The fraction of sp³-hybridized carbons (Fsp3) is 0.200. The maximum absolute atomic E-state index is 13.6. The van der Waals surface area contributed by atoms with E-state index in [-0.39, 0.29) is 5.82 Å². The maximum atomic E-state index is 13.6. The van der Waals surface area contributed by atoms with Gasteiger partial charge in [-0.05, 0) is 51.8 Å². The summed E-state index contributed by atoms with van der Waals surface area (Å²) in [6.45, 7) is 0. The average Bonchev–Trinajstić information content (AvgIpc) is 2.48. The van der Waals surface area contributed by atoms with Gasteiger partial charge in [0.15, 0.2) is 0 Å². The van der Waals surface area contributed by atoms with Gasteiger partial charge in [0.2, 0.25) is 0 Å². The van der Waals surface area contributed by atoms with E-state index in [0.717, 1.165) is 5.56 Å². The second-order valence-electron chi connectivity index (χ2n) is 4.14. The van der Waals surface area contributed by atoms with E-state index in [2.05, 4.69) is 15.9 Å². The number of halogens is 3. The lowest BCUT2D eigenvalue weighted by Gasteiger charge is -2.16. The second kappa shape index (κ2) is 6.46. The Bertz CT molecular complexity index is 619. The summed E-state index contributed by atoms with van der Waals surface area (Å²) in [5.74, 6) is 0.952. The van der Waals surface area contributed by atoms with Crippen LogP contribution >= 0.6 is 27.5 Å². The lowest BCUT2D eigenvalue weighted by atomic mass is 10.0. The molecular formula is C15H13BrClFO2. The maximum Gasteiger partial charge on any atom is 0.137 e. The number of ether oxygens (including phenoxy) is 2. The Morgan fingerprint density at radius 2 is 1.85 bits per heavy atom. The highest BCUT2D eigenvalue weighted by Gasteiger charge is 2.18. The lowest BCUT2D eigenvalue weighted by Crippen LogP contribution is -1.99. The molecule has 2 nitrogen and oxygen atoms in total. The van der Waals surface area contributed by atoms with Gasteiger partial charge in [-0.25, -0.2) is 4.39 Å². The SMILES string of the molecule is COc1ccc(OC)c(C(Cl)c2ccc(Br)c(F)c2)c1. The van der Waals surface area contributed by atoms with Crippen molar-refractivity contribution in [2.75, 3.05) is 14.2 Å². The number of hydrogen-bond donors (Lipinski definition) is 0. The molecule has 0 aliphatic heterocycles. The zero-order chi connectivity index (χ0) is 14.7. The number of hydrogen-bond acceptors (Lipinski definition) is 2. The minimum Gasteiger partial charge on any atom is -0.497 e. The van der Waals surface area contributed by atoms with Gasteiger partial charge in [-0.3, -0.25) is 0 Å². The molecule has 0 N–H and O–H groups in total. The Morgan fingerprint density at radius 3 is 2.45 bits per heavy atom. The molecule has 5 heteroatoms. The van der Waals surface area contributed by atoms with Crippen LogP contribution in [0.1, 0.15) is 16.5 Å². The Labute approximate surface area is 130 Å². The molecule has 0 aliphatic rings. The fourth-order valence-electron chi connectivity index (χ4n) is 1.89. The molecule has 0 saturated heterocycles. The summed E-state index contributed by atoms with van der Waals surface area (Å²) in [5.41, 5.74) is 1.38. The largest absolute Gasteiger partial charge is 0.497 e. The lowest BCUT2D eigenvalue weighted by molar-refractivity contribution is 0.399. The highest BCUT2D eigenvalue weighted by atomic mass is 79.9. The van der Waals surface area contributed by atoms with Crippen molar-refractivity contribution < 1.29 is 13.9 Å². The zero-order valence-electron chi connectivity index (χ0n) is 11.0. The first kappa shape index (κ1) is 15.1. The molecule has 2 aromatic carbocycles. The van der Waals surface area contributed by atoms with Crippen molar-refractivity contribution in [2.45, 2.75) is 5.38 Å². The highest BCUT2D eigenvalue weighted by Crippen LogP contribution is 2.38. The van der Waals surface area contributed by atoms with E-state index in [9.17, 15) is 4.39 Å². The summed E-state index contributed by atoms with van der Waals surface area (Å²) in [6.07, 6.45) is 0. The van der Waals surface area contributed by atoms with Gasteiger partial charge >= 0.3 is 0 Å². The van der Waals surface area contributed by atoms with Crippen molar-refractivity contribution in [3.63, 3.8) is 0 Å². The highest BCUT2D eigenvalue weighted by molar-refractivity contribution is 9.10. The van der Waals surface area contributed by atoms with Gasteiger partial charge in [0.1, 0.15) is 17.3 Å². The standard InChI is InChI=1S/C15H13BrClFO2/c1-19-10-4-6-14(20-2)11(8-10)15(17)9-3-5-12(16)13(18)7-9/h3-8,15H,1-2H3.